The Morgan fingerprint density at radius 3 is 3.07 bits per heavy atom. The highest BCUT2D eigenvalue weighted by Gasteiger charge is 2.22. The van der Waals surface area contributed by atoms with Crippen molar-refractivity contribution in [3.8, 4) is 0 Å². The number of hydrogen-bond acceptors (Lipinski definition) is 3. The Labute approximate surface area is 86.8 Å². The Hall–Kier alpha value is -0.120. The van der Waals surface area contributed by atoms with Crippen LogP contribution in [0.1, 0.15) is 26.2 Å². The largest absolute Gasteiger partial charge is 0.377 e. The van der Waals surface area contributed by atoms with Crippen LogP contribution in [0.4, 0.5) is 0 Å². The molecular formula is C11H22N2O. The molecule has 2 atom stereocenters. The van der Waals surface area contributed by atoms with Gasteiger partial charge in [-0.2, -0.15) is 0 Å². The Bertz CT molecular complexity index is 169. The summed E-state index contributed by atoms with van der Waals surface area (Å²) in [6.07, 6.45) is 4.37. The van der Waals surface area contributed by atoms with Gasteiger partial charge in [0, 0.05) is 38.8 Å². The summed E-state index contributed by atoms with van der Waals surface area (Å²) in [5.41, 5.74) is 0. The smallest absolute Gasteiger partial charge is 0.0702 e. The van der Waals surface area contributed by atoms with E-state index in [1.165, 1.54) is 25.8 Å². The number of piperazine rings is 1. The van der Waals surface area contributed by atoms with Crippen molar-refractivity contribution in [3.05, 3.63) is 0 Å². The minimum atomic E-state index is 0.504. The SMILES string of the molecule is C[C@H]1CNCCN1CC1CCCCO1. The summed E-state index contributed by atoms with van der Waals surface area (Å²) in [4.78, 5) is 2.56. The molecule has 0 aromatic carbocycles. The molecule has 2 aliphatic rings. The van der Waals surface area contributed by atoms with E-state index in [2.05, 4.69) is 17.1 Å². The van der Waals surface area contributed by atoms with Gasteiger partial charge in [-0.25, -0.2) is 0 Å². The molecule has 1 N–H and O–H groups in total. The van der Waals surface area contributed by atoms with Crippen LogP contribution in [0.3, 0.4) is 0 Å². The number of ether oxygens (including phenoxy) is 1. The van der Waals surface area contributed by atoms with Gasteiger partial charge < -0.3 is 10.1 Å². The fourth-order valence-electron chi connectivity index (χ4n) is 2.37. The van der Waals surface area contributed by atoms with Crippen LogP contribution < -0.4 is 5.32 Å². The van der Waals surface area contributed by atoms with Crippen molar-refractivity contribution >= 4 is 0 Å². The highest BCUT2D eigenvalue weighted by Crippen LogP contribution is 2.15. The van der Waals surface area contributed by atoms with Crippen LogP contribution in [-0.2, 0) is 4.74 Å². The van der Waals surface area contributed by atoms with E-state index in [1.807, 2.05) is 0 Å². The van der Waals surface area contributed by atoms with Crippen molar-refractivity contribution in [1.29, 1.82) is 0 Å². The maximum atomic E-state index is 5.77. The summed E-state index contributed by atoms with van der Waals surface area (Å²) in [5, 5.41) is 3.42. The van der Waals surface area contributed by atoms with E-state index in [0.717, 1.165) is 26.2 Å². The molecule has 0 bridgehead atoms. The van der Waals surface area contributed by atoms with E-state index in [-0.39, 0.29) is 0 Å². The summed E-state index contributed by atoms with van der Waals surface area (Å²) >= 11 is 0. The molecule has 0 amide bonds. The van der Waals surface area contributed by atoms with Crippen LogP contribution in [-0.4, -0.2) is 49.8 Å². The Balaban J connectivity index is 1.76. The lowest BCUT2D eigenvalue weighted by molar-refractivity contribution is -0.0154. The third-order valence-corrected chi connectivity index (χ3v) is 3.35. The first-order chi connectivity index (χ1) is 6.86. The standard InChI is InChI=1S/C11H22N2O/c1-10-8-12-5-6-13(10)9-11-4-2-3-7-14-11/h10-12H,2-9H2,1H3/t10-,11?/m0/s1. The van der Waals surface area contributed by atoms with Crippen LogP contribution in [0.2, 0.25) is 0 Å². The second kappa shape index (κ2) is 5.10. The predicted octanol–water partition coefficient (Wildman–Crippen LogP) is 0.849. The minimum Gasteiger partial charge on any atom is -0.377 e. The summed E-state index contributed by atoms with van der Waals surface area (Å²) in [7, 11) is 0. The second-order valence-corrected chi connectivity index (χ2v) is 4.54. The van der Waals surface area contributed by atoms with Gasteiger partial charge in [-0.15, -0.1) is 0 Å². The second-order valence-electron chi connectivity index (χ2n) is 4.54. The summed E-state index contributed by atoms with van der Waals surface area (Å²) in [5.74, 6) is 0. The molecule has 2 saturated heterocycles. The Morgan fingerprint density at radius 2 is 2.36 bits per heavy atom. The van der Waals surface area contributed by atoms with Crippen molar-refractivity contribution in [1.82, 2.24) is 10.2 Å². The van der Waals surface area contributed by atoms with Gasteiger partial charge in [0.05, 0.1) is 6.10 Å². The highest BCUT2D eigenvalue weighted by molar-refractivity contribution is 4.79. The third-order valence-electron chi connectivity index (χ3n) is 3.35. The lowest BCUT2D eigenvalue weighted by Gasteiger charge is -2.37. The molecule has 0 saturated carbocycles. The predicted molar refractivity (Wildman–Crippen MR) is 57.5 cm³/mol. The quantitative estimate of drug-likeness (QED) is 0.712. The van der Waals surface area contributed by atoms with Crippen LogP contribution >= 0.6 is 0 Å². The van der Waals surface area contributed by atoms with Crippen molar-refractivity contribution < 1.29 is 4.74 Å². The zero-order valence-corrected chi connectivity index (χ0v) is 9.17. The summed E-state index contributed by atoms with van der Waals surface area (Å²) < 4.78 is 5.77. The molecule has 0 aliphatic carbocycles. The van der Waals surface area contributed by atoms with E-state index in [9.17, 15) is 0 Å². The van der Waals surface area contributed by atoms with E-state index >= 15 is 0 Å². The zero-order valence-electron chi connectivity index (χ0n) is 9.17. The molecule has 0 spiro atoms. The van der Waals surface area contributed by atoms with E-state index in [0.29, 0.717) is 12.1 Å². The Kier molecular flexibility index (Phi) is 3.79. The van der Waals surface area contributed by atoms with Gasteiger partial charge in [0.2, 0.25) is 0 Å². The van der Waals surface area contributed by atoms with Gasteiger partial charge in [0.1, 0.15) is 0 Å². The summed E-state index contributed by atoms with van der Waals surface area (Å²) in [6.45, 7) is 7.87. The first-order valence-corrected chi connectivity index (χ1v) is 5.92. The maximum absolute atomic E-state index is 5.77. The molecule has 0 aromatic rings. The van der Waals surface area contributed by atoms with Crippen LogP contribution in [0.5, 0.6) is 0 Å². The van der Waals surface area contributed by atoms with E-state index < -0.39 is 0 Å². The minimum absolute atomic E-state index is 0.504. The molecule has 3 nitrogen and oxygen atoms in total. The molecule has 0 aromatic heterocycles. The topological polar surface area (TPSA) is 24.5 Å². The molecule has 3 heteroatoms. The van der Waals surface area contributed by atoms with Crippen LogP contribution in [0, 0.1) is 0 Å². The van der Waals surface area contributed by atoms with Gasteiger partial charge >= 0.3 is 0 Å². The van der Waals surface area contributed by atoms with Crippen molar-refractivity contribution in [3.63, 3.8) is 0 Å². The average molecular weight is 198 g/mol. The normalized spacial score (nSPS) is 35.8. The first kappa shape index (κ1) is 10.4. The monoisotopic (exact) mass is 198 g/mol. The van der Waals surface area contributed by atoms with Gasteiger partial charge in [0.15, 0.2) is 0 Å². The number of rotatable bonds is 2. The van der Waals surface area contributed by atoms with Crippen LogP contribution in [0.25, 0.3) is 0 Å². The third kappa shape index (κ3) is 2.69. The molecule has 14 heavy (non-hydrogen) atoms. The maximum Gasteiger partial charge on any atom is 0.0702 e. The molecule has 2 fully saturated rings. The Morgan fingerprint density at radius 1 is 1.43 bits per heavy atom. The van der Waals surface area contributed by atoms with Gasteiger partial charge in [-0.05, 0) is 26.2 Å². The molecule has 2 heterocycles. The van der Waals surface area contributed by atoms with Crippen LogP contribution in [0.15, 0.2) is 0 Å². The van der Waals surface area contributed by atoms with Crippen molar-refractivity contribution in [2.45, 2.75) is 38.3 Å². The molecular weight excluding hydrogens is 176 g/mol. The number of nitrogens with zero attached hydrogens (tertiary/aromatic N) is 1. The first-order valence-electron chi connectivity index (χ1n) is 5.92. The highest BCUT2D eigenvalue weighted by atomic mass is 16.5. The number of hydrogen-bond donors (Lipinski definition) is 1. The average Bonchev–Trinajstić information content (AvgIpc) is 2.23. The molecule has 1 unspecified atom stereocenters. The lowest BCUT2D eigenvalue weighted by atomic mass is 10.1. The van der Waals surface area contributed by atoms with Gasteiger partial charge in [0.25, 0.3) is 0 Å². The van der Waals surface area contributed by atoms with Crippen molar-refractivity contribution in [2.75, 3.05) is 32.8 Å². The fraction of sp³-hybridized carbons (Fsp3) is 1.00. The molecule has 0 radical (unpaired) electrons. The number of nitrogens with one attached hydrogen (secondary N) is 1. The molecule has 2 rings (SSSR count). The van der Waals surface area contributed by atoms with Crippen molar-refractivity contribution in [2.24, 2.45) is 0 Å². The summed E-state index contributed by atoms with van der Waals surface area (Å²) in [6, 6.07) is 0.675. The molecule has 82 valence electrons. The zero-order chi connectivity index (χ0) is 9.80. The van der Waals surface area contributed by atoms with Gasteiger partial charge in [-0.1, -0.05) is 0 Å². The van der Waals surface area contributed by atoms with E-state index in [1.54, 1.807) is 0 Å². The fourth-order valence-corrected chi connectivity index (χ4v) is 2.37. The van der Waals surface area contributed by atoms with Gasteiger partial charge in [-0.3, -0.25) is 4.90 Å². The lowest BCUT2D eigenvalue weighted by Crippen LogP contribution is -2.52. The molecule has 2 aliphatic heterocycles. The van der Waals surface area contributed by atoms with E-state index in [4.69, 9.17) is 4.74 Å².